The lowest BCUT2D eigenvalue weighted by Gasteiger charge is -2.47. The first-order chi connectivity index (χ1) is 8.98. The van der Waals surface area contributed by atoms with E-state index < -0.39 is 46.5 Å². The Kier molecular flexibility index (Phi) is 4.62. The number of hydrogen-bond acceptors (Lipinski definition) is 6. The van der Waals surface area contributed by atoms with Crippen LogP contribution in [0, 0.1) is 5.92 Å². The van der Waals surface area contributed by atoms with Crippen molar-refractivity contribution in [1.29, 1.82) is 0 Å². The van der Waals surface area contributed by atoms with Gasteiger partial charge in [-0.3, -0.25) is 9.35 Å². The van der Waals surface area contributed by atoms with Gasteiger partial charge in [-0.05, 0) is 13.8 Å². The molecule has 10 heteroatoms. The molecule has 1 aliphatic rings. The molecule has 9 nitrogen and oxygen atoms in total. The minimum Gasteiger partial charge on any atom is -0.444 e. The van der Waals surface area contributed by atoms with E-state index in [4.69, 9.17) is 9.29 Å². The summed E-state index contributed by atoms with van der Waals surface area (Å²) in [6.45, 7) is 2.70. The minimum atomic E-state index is -4.76. The average molecular weight is 310 g/mol. The Morgan fingerprint density at radius 2 is 1.90 bits per heavy atom. The Bertz CT molecular complexity index is 502. The lowest BCUT2D eigenvalue weighted by Crippen LogP contribution is -2.69. The highest BCUT2D eigenvalue weighted by Gasteiger charge is 2.58. The second kappa shape index (κ2) is 5.54. The van der Waals surface area contributed by atoms with Gasteiger partial charge in [0.2, 0.25) is 5.91 Å². The quantitative estimate of drug-likeness (QED) is 0.508. The fourth-order valence-corrected chi connectivity index (χ4v) is 3.04. The summed E-state index contributed by atoms with van der Waals surface area (Å²) in [6.07, 6.45) is -2.87. The van der Waals surface area contributed by atoms with Gasteiger partial charge >= 0.3 is 16.4 Å². The first-order valence-electron chi connectivity index (χ1n) is 5.85. The molecule has 116 valence electrons. The zero-order valence-electron chi connectivity index (χ0n) is 11.5. The Balaban J connectivity index is 2.97. The fourth-order valence-electron chi connectivity index (χ4n) is 2.08. The molecule has 1 aliphatic heterocycles. The molecule has 2 amide bonds. The zero-order valence-corrected chi connectivity index (χ0v) is 12.4. The number of carbonyl (C=O) groups is 2. The first-order valence-corrected chi connectivity index (χ1v) is 7.24. The highest BCUT2D eigenvalue weighted by atomic mass is 32.2. The Morgan fingerprint density at radius 3 is 2.25 bits per heavy atom. The Labute approximate surface area is 117 Å². The third kappa shape index (κ3) is 3.02. The van der Waals surface area contributed by atoms with Gasteiger partial charge in [0, 0.05) is 14.1 Å². The normalized spacial score (nSPS) is 25.7. The van der Waals surface area contributed by atoms with E-state index in [1.165, 1.54) is 27.9 Å². The number of nitrogens with zero attached hydrogens (tertiary/aromatic N) is 2. The van der Waals surface area contributed by atoms with Crippen molar-refractivity contribution in [3.05, 3.63) is 0 Å². The van der Waals surface area contributed by atoms with E-state index in [0.29, 0.717) is 0 Å². The van der Waals surface area contributed by atoms with Gasteiger partial charge in [0.05, 0.1) is 12.0 Å². The molecule has 0 aromatic carbocycles. The molecule has 0 unspecified atom stereocenters. The number of amides is 2. The second-order valence-electron chi connectivity index (χ2n) is 4.85. The number of β-lactam (4-membered cyclic amide) rings is 1. The molecule has 0 aliphatic carbocycles. The van der Waals surface area contributed by atoms with E-state index in [1.807, 2.05) is 0 Å². The zero-order chi connectivity index (χ0) is 15.8. The third-order valence-electron chi connectivity index (χ3n) is 3.04. The average Bonchev–Trinajstić information content (AvgIpc) is 2.22. The maximum atomic E-state index is 11.7. The van der Waals surface area contributed by atoms with Gasteiger partial charge in [-0.15, -0.1) is 0 Å². The predicted octanol–water partition coefficient (Wildman–Crippen LogP) is -0.916. The summed E-state index contributed by atoms with van der Waals surface area (Å²) in [6, 6.07) is -1.14. The van der Waals surface area contributed by atoms with E-state index in [0.717, 1.165) is 4.90 Å². The summed E-state index contributed by atoms with van der Waals surface area (Å²) >= 11 is 0. The molecule has 1 rings (SSSR count). The summed E-state index contributed by atoms with van der Waals surface area (Å²) in [5.74, 6) is -1.98. The number of hydrogen-bond donors (Lipinski definition) is 2. The van der Waals surface area contributed by atoms with Crippen molar-refractivity contribution >= 4 is 22.3 Å². The van der Waals surface area contributed by atoms with Crippen LogP contribution >= 0.6 is 0 Å². The largest absolute Gasteiger partial charge is 0.444 e. The molecule has 1 saturated heterocycles. The summed E-state index contributed by atoms with van der Waals surface area (Å²) < 4.78 is 36.5. The van der Waals surface area contributed by atoms with Crippen LogP contribution in [-0.2, 0) is 19.8 Å². The number of rotatable bonds is 4. The molecule has 0 aromatic rings. The van der Waals surface area contributed by atoms with Crippen molar-refractivity contribution in [3.8, 4) is 0 Å². The van der Waals surface area contributed by atoms with E-state index in [9.17, 15) is 23.1 Å². The Morgan fingerprint density at radius 1 is 1.40 bits per heavy atom. The number of carbonyl (C=O) groups excluding carboxylic acids is 2. The topological polar surface area (TPSA) is 124 Å². The molecule has 4 atom stereocenters. The molecule has 0 bridgehead atoms. The highest BCUT2D eigenvalue weighted by Crippen LogP contribution is 2.35. The molecule has 20 heavy (non-hydrogen) atoms. The Hall–Kier alpha value is -1.39. The molecule has 0 spiro atoms. The summed E-state index contributed by atoms with van der Waals surface area (Å²) in [7, 11) is -1.89. The van der Waals surface area contributed by atoms with E-state index >= 15 is 0 Å². The molecule has 0 saturated carbocycles. The molecular formula is C10H18N2O7S. The standard InChI is InChI=1S/C10H18N2O7S/c1-5(13)7-8(6(2)19-10(15)11(3)4)12(9(7)14)20(16,17)18/h5-8,13H,1-4H3,(H,16,17,18)/t5-,6+,7-,8-/m1/s1. The maximum absolute atomic E-state index is 11.7. The maximum Gasteiger partial charge on any atom is 0.409 e. The van der Waals surface area contributed by atoms with Gasteiger partial charge in [0.1, 0.15) is 12.1 Å². The van der Waals surface area contributed by atoms with Crippen molar-refractivity contribution in [1.82, 2.24) is 9.21 Å². The van der Waals surface area contributed by atoms with Crippen LogP contribution in [0.1, 0.15) is 13.8 Å². The second-order valence-corrected chi connectivity index (χ2v) is 6.14. The van der Waals surface area contributed by atoms with Crippen molar-refractivity contribution < 1.29 is 32.4 Å². The van der Waals surface area contributed by atoms with Crippen LogP contribution in [0.15, 0.2) is 0 Å². The lowest BCUT2D eigenvalue weighted by molar-refractivity contribution is -0.160. The predicted molar refractivity (Wildman–Crippen MR) is 67.0 cm³/mol. The monoisotopic (exact) mass is 310 g/mol. The summed E-state index contributed by atoms with van der Waals surface area (Å²) in [4.78, 5) is 24.2. The van der Waals surface area contributed by atoms with Crippen LogP contribution < -0.4 is 0 Å². The van der Waals surface area contributed by atoms with Gasteiger partial charge in [-0.25, -0.2) is 9.10 Å². The van der Waals surface area contributed by atoms with Gasteiger partial charge in [0.15, 0.2) is 0 Å². The molecule has 1 heterocycles. The van der Waals surface area contributed by atoms with Crippen molar-refractivity contribution in [2.75, 3.05) is 14.1 Å². The lowest BCUT2D eigenvalue weighted by atomic mass is 9.83. The van der Waals surface area contributed by atoms with Crippen LogP contribution in [0.3, 0.4) is 0 Å². The number of aliphatic hydroxyl groups excluding tert-OH is 1. The molecular weight excluding hydrogens is 292 g/mol. The summed E-state index contributed by atoms with van der Waals surface area (Å²) in [5, 5.41) is 9.51. The number of ether oxygens (including phenoxy) is 1. The molecule has 2 N–H and O–H groups in total. The van der Waals surface area contributed by atoms with Gasteiger partial charge in [0.25, 0.3) is 0 Å². The van der Waals surface area contributed by atoms with Gasteiger partial charge in [-0.1, -0.05) is 0 Å². The van der Waals surface area contributed by atoms with E-state index in [2.05, 4.69) is 0 Å². The molecule has 1 fully saturated rings. The summed E-state index contributed by atoms with van der Waals surface area (Å²) in [5.41, 5.74) is 0. The molecule has 0 aromatic heterocycles. The van der Waals surface area contributed by atoms with Crippen LogP contribution in [0.2, 0.25) is 0 Å². The van der Waals surface area contributed by atoms with Gasteiger partial charge in [-0.2, -0.15) is 8.42 Å². The SMILES string of the molecule is C[C@H](OC(=O)N(C)C)[C@@H]1[C@@H]([C@@H](C)O)C(=O)N1S(=O)(=O)O. The van der Waals surface area contributed by atoms with E-state index in [1.54, 1.807) is 0 Å². The van der Waals surface area contributed by atoms with Crippen molar-refractivity contribution in [2.24, 2.45) is 5.92 Å². The van der Waals surface area contributed by atoms with Crippen molar-refractivity contribution in [3.63, 3.8) is 0 Å². The van der Waals surface area contributed by atoms with E-state index in [-0.39, 0.29) is 4.31 Å². The van der Waals surface area contributed by atoms with Crippen LogP contribution in [0.25, 0.3) is 0 Å². The van der Waals surface area contributed by atoms with Crippen LogP contribution in [0.5, 0.6) is 0 Å². The van der Waals surface area contributed by atoms with Crippen LogP contribution in [-0.4, -0.2) is 71.6 Å². The third-order valence-corrected chi connectivity index (χ3v) is 3.96. The minimum absolute atomic E-state index is 0.220. The van der Waals surface area contributed by atoms with Gasteiger partial charge < -0.3 is 14.7 Å². The smallest absolute Gasteiger partial charge is 0.409 e. The highest BCUT2D eigenvalue weighted by molar-refractivity contribution is 7.84. The van der Waals surface area contributed by atoms with Crippen LogP contribution in [0.4, 0.5) is 4.79 Å². The first kappa shape index (κ1) is 16.7. The fraction of sp³-hybridized carbons (Fsp3) is 0.800. The number of aliphatic hydroxyl groups is 1. The molecule has 0 radical (unpaired) electrons. The van der Waals surface area contributed by atoms with Crippen molar-refractivity contribution in [2.45, 2.75) is 32.1 Å².